The molecule has 1 heterocycles. The molecule has 0 unspecified atom stereocenters. The summed E-state index contributed by atoms with van der Waals surface area (Å²) in [6.07, 6.45) is 1.66. The van der Waals surface area contributed by atoms with Gasteiger partial charge in [-0.1, -0.05) is 29.8 Å². The van der Waals surface area contributed by atoms with Gasteiger partial charge in [-0.2, -0.15) is 4.31 Å². The Balaban J connectivity index is 1.94. The highest BCUT2D eigenvalue weighted by atomic mass is 35.5. The van der Waals surface area contributed by atoms with E-state index in [0.29, 0.717) is 11.6 Å². The molecule has 2 aromatic rings. The summed E-state index contributed by atoms with van der Waals surface area (Å²) in [4.78, 5) is 0.241. The Hall–Kier alpha value is -1.56. The molecule has 1 saturated heterocycles. The zero-order valence-corrected chi connectivity index (χ0v) is 14.3. The number of hydrogen-bond donors (Lipinski definition) is 0. The van der Waals surface area contributed by atoms with Crippen LogP contribution in [0.25, 0.3) is 0 Å². The topological polar surface area (TPSA) is 46.6 Å². The largest absolute Gasteiger partial charge is 0.497 e. The highest BCUT2D eigenvalue weighted by Gasteiger charge is 2.36. The van der Waals surface area contributed by atoms with Crippen molar-refractivity contribution in [3.63, 3.8) is 0 Å². The molecule has 1 aliphatic rings. The molecule has 0 bridgehead atoms. The molecule has 0 amide bonds. The molecule has 0 saturated carbocycles. The molecule has 0 aromatic heterocycles. The fourth-order valence-electron chi connectivity index (χ4n) is 2.95. The van der Waals surface area contributed by atoms with Gasteiger partial charge in [0.05, 0.1) is 18.0 Å². The van der Waals surface area contributed by atoms with E-state index in [2.05, 4.69) is 0 Å². The summed E-state index contributed by atoms with van der Waals surface area (Å²) in [7, 11) is -1.94. The van der Waals surface area contributed by atoms with Crippen molar-refractivity contribution in [3.05, 3.63) is 59.1 Å². The van der Waals surface area contributed by atoms with Crippen LogP contribution in [-0.2, 0) is 10.0 Å². The Morgan fingerprint density at radius 1 is 1.17 bits per heavy atom. The van der Waals surface area contributed by atoms with Gasteiger partial charge in [0.25, 0.3) is 0 Å². The van der Waals surface area contributed by atoms with Crippen molar-refractivity contribution < 1.29 is 13.2 Å². The molecule has 0 aliphatic carbocycles. The van der Waals surface area contributed by atoms with Gasteiger partial charge >= 0.3 is 0 Å². The SMILES string of the molecule is COc1ccc([C@H]2CCCN2S(=O)(=O)c2cccc(Cl)c2)cc1. The summed E-state index contributed by atoms with van der Waals surface area (Å²) in [5.74, 6) is 0.760. The van der Waals surface area contributed by atoms with E-state index < -0.39 is 10.0 Å². The minimum absolute atomic E-state index is 0.148. The van der Waals surface area contributed by atoms with E-state index in [9.17, 15) is 8.42 Å². The zero-order valence-electron chi connectivity index (χ0n) is 12.8. The van der Waals surface area contributed by atoms with Crippen molar-refractivity contribution in [2.24, 2.45) is 0 Å². The number of rotatable bonds is 4. The van der Waals surface area contributed by atoms with Gasteiger partial charge in [-0.3, -0.25) is 0 Å². The van der Waals surface area contributed by atoms with E-state index in [4.69, 9.17) is 16.3 Å². The third kappa shape index (κ3) is 3.22. The minimum atomic E-state index is -3.56. The van der Waals surface area contributed by atoms with E-state index in [1.807, 2.05) is 24.3 Å². The maximum absolute atomic E-state index is 12.9. The molecule has 0 radical (unpaired) electrons. The molecule has 0 spiro atoms. The molecule has 122 valence electrons. The van der Waals surface area contributed by atoms with Crippen LogP contribution < -0.4 is 4.74 Å². The van der Waals surface area contributed by atoms with Gasteiger partial charge in [0.2, 0.25) is 10.0 Å². The predicted molar refractivity (Wildman–Crippen MR) is 90.3 cm³/mol. The van der Waals surface area contributed by atoms with Crippen molar-refractivity contribution in [2.45, 2.75) is 23.8 Å². The van der Waals surface area contributed by atoms with Gasteiger partial charge in [0, 0.05) is 11.6 Å². The van der Waals surface area contributed by atoms with Gasteiger partial charge in [-0.25, -0.2) is 8.42 Å². The van der Waals surface area contributed by atoms with Gasteiger partial charge in [0.15, 0.2) is 0 Å². The first-order chi connectivity index (χ1) is 11.0. The highest BCUT2D eigenvalue weighted by molar-refractivity contribution is 7.89. The average molecular weight is 352 g/mol. The van der Waals surface area contributed by atoms with Crippen LogP contribution in [0.1, 0.15) is 24.4 Å². The molecular formula is C17H18ClNO3S. The second-order valence-electron chi connectivity index (χ2n) is 5.50. The zero-order chi connectivity index (χ0) is 16.4. The first-order valence-corrected chi connectivity index (χ1v) is 9.25. The lowest BCUT2D eigenvalue weighted by atomic mass is 10.1. The Morgan fingerprint density at radius 3 is 2.57 bits per heavy atom. The molecule has 6 heteroatoms. The summed E-state index contributed by atoms with van der Waals surface area (Å²) < 4.78 is 32.6. The quantitative estimate of drug-likeness (QED) is 0.839. The molecule has 2 aromatic carbocycles. The van der Waals surface area contributed by atoms with Gasteiger partial charge < -0.3 is 4.74 Å². The molecule has 1 atom stereocenters. The van der Waals surface area contributed by atoms with E-state index in [1.54, 1.807) is 29.6 Å². The van der Waals surface area contributed by atoms with Crippen LogP contribution in [0.2, 0.25) is 5.02 Å². The maximum Gasteiger partial charge on any atom is 0.243 e. The summed E-state index contributed by atoms with van der Waals surface area (Å²) in [5, 5.41) is 0.422. The van der Waals surface area contributed by atoms with Crippen molar-refractivity contribution >= 4 is 21.6 Å². The Bertz CT molecular complexity index is 790. The predicted octanol–water partition coefficient (Wildman–Crippen LogP) is 3.87. The number of sulfonamides is 1. The van der Waals surface area contributed by atoms with Gasteiger partial charge in [0.1, 0.15) is 5.75 Å². The van der Waals surface area contributed by atoms with Crippen molar-refractivity contribution in [1.29, 1.82) is 0 Å². The summed E-state index contributed by atoms with van der Waals surface area (Å²) >= 11 is 5.95. The monoisotopic (exact) mass is 351 g/mol. The fourth-order valence-corrected chi connectivity index (χ4v) is 4.93. The Morgan fingerprint density at radius 2 is 1.91 bits per heavy atom. The number of benzene rings is 2. The van der Waals surface area contributed by atoms with Crippen LogP contribution in [0, 0.1) is 0 Å². The van der Waals surface area contributed by atoms with E-state index in [0.717, 1.165) is 24.2 Å². The van der Waals surface area contributed by atoms with Crippen LogP contribution in [0.15, 0.2) is 53.4 Å². The van der Waals surface area contributed by atoms with Gasteiger partial charge in [-0.15, -0.1) is 0 Å². The van der Waals surface area contributed by atoms with Gasteiger partial charge in [-0.05, 0) is 48.7 Å². The average Bonchev–Trinajstić information content (AvgIpc) is 3.05. The van der Waals surface area contributed by atoms with E-state index >= 15 is 0 Å². The van der Waals surface area contributed by atoms with Crippen LogP contribution in [0.4, 0.5) is 0 Å². The minimum Gasteiger partial charge on any atom is -0.497 e. The highest BCUT2D eigenvalue weighted by Crippen LogP contribution is 2.37. The van der Waals surface area contributed by atoms with Crippen LogP contribution in [0.3, 0.4) is 0 Å². The molecule has 1 aliphatic heterocycles. The number of hydrogen-bond acceptors (Lipinski definition) is 3. The van der Waals surface area contributed by atoms with Crippen LogP contribution >= 0.6 is 11.6 Å². The Labute approximate surface area is 141 Å². The van der Waals surface area contributed by atoms with Crippen molar-refractivity contribution in [1.82, 2.24) is 4.31 Å². The van der Waals surface area contributed by atoms with Crippen LogP contribution in [-0.4, -0.2) is 26.4 Å². The van der Waals surface area contributed by atoms with E-state index in [1.165, 1.54) is 6.07 Å². The molecule has 1 fully saturated rings. The fraction of sp³-hybridized carbons (Fsp3) is 0.294. The number of halogens is 1. The summed E-state index contributed by atoms with van der Waals surface area (Å²) in [6.45, 7) is 0.519. The maximum atomic E-state index is 12.9. The normalized spacial score (nSPS) is 19.0. The lowest BCUT2D eigenvalue weighted by Gasteiger charge is -2.24. The molecular weight excluding hydrogens is 334 g/mol. The second-order valence-corrected chi connectivity index (χ2v) is 7.83. The second kappa shape index (κ2) is 6.51. The number of nitrogens with zero attached hydrogens (tertiary/aromatic N) is 1. The first kappa shape index (κ1) is 16.3. The lowest BCUT2D eigenvalue weighted by Crippen LogP contribution is -2.30. The molecule has 3 rings (SSSR count). The van der Waals surface area contributed by atoms with Crippen LogP contribution in [0.5, 0.6) is 5.75 Å². The van der Waals surface area contributed by atoms with E-state index in [-0.39, 0.29) is 10.9 Å². The number of ether oxygens (including phenoxy) is 1. The summed E-state index contributed by atoms with van der Waals surface area (Å²) in [6, 6.07) is 13.8. The van der Waals surface area contributed by atoms with Crippen molar-refractivity contribution in [2.75, 3.05) is 13.7 Å². The third-order valence-corrected chi connectivity index (χ3v) is 6.25. The smallest absolute Gasteiger partial charge is 0.243 e. The number of methoxy groups -OCH3 is 1. The molecule has 4 nitrogen and oxygen atoms in total. The molecule has 23 heavy (non-hydrogen) atoms. The Kier molecular flexibility index (Phi) is 4.62. The third-order valence-electron chi connectivity index (χ3n) is 4.11. The first-order valence-electron chi connectivity index (χ1n) is 7.44. The summed E-state index contributed by atoms with van der Waals surface area (Å²) in [5.41, 5.74) is 0.980. The van der Waals surface area contributed by atoms with Crippen molar-refractivity contribution in [3.8, 4) is 5.75 Å². The standard InChI is InChI=1S/C17H18ClNO3S/c1-22-15-9-7-13(8-10-15)17-6-3-11-19(17)23(20,21)16-5-2-4-14(18)12-16/h2,4-5,7-10,12,17H,3,6,11H2,1H3/t17-/m1/s1. The molecule has 0 N–H and O–H groups in total. The lowest BCUT2D eigenvalue weighted by molar-refractivity contribution is 0.394.